The molecule has 1 aliphatic rings. The van der Waals surface area contributed by atoms with Crippen molar-refractivity contribution in [3.8, 4) is 0 Å². The Morgan fingerprint density at radius 3 is 1.32 bits per heavy atom. The first-order valence-corrected chi connectivity index (χ1v) is 19.1. The molecule has 1 aliphatic carbocycles. The molecule has 0 spiro atoms. The van der Waals surface area contributed by atoms with Crippen LogP contribution in [0, 0.1) is 5.92 Å². The van der Waals surface area contributed by atoms with Crippen LogP contribution in [-0.4, -0.2) is 8.80 Å². The van der Waals surface area contributed by atoms with Crippen molar-refractivity contribution in [1.29, 1.82) is 0 Å². The Hall–Kier alpha value is -1.86. The SMILES string of the molecule is CCCCCCCCCCCCCCCCCCC1=C(C)C(C)=C(C)C1C[SiH](c1ccccc1)c1ccccc1. The van der Waals surface area contributed by atoms with Gasteiger partial charge in [0.15, 0.2) is 0 Å². The Bertz CT molecular complexity index is 960. The van der Waals surface area contributed by atoms with Crippen LogP contribution in [0.25, 0.3) is 0 Å². The molecule has 0 saturated carbocycles. The zero-order valence-electron chi connectivity index (χ0n) is 26.7. The number of hydrogen-bond donors (Lipinski definition) is 0. The summed E-state index contributed by atoms with van der Waals surface area (Å²) in [5, 5.41) is 3.18. The van der Waals surface area contributed by atoms with Gasteiger partial charge in [-0.2, -0.15) is 0 Å². The van der Waals surface area contributed by atoms with Crippen LogP contribution in [0.2, 0.25) is 6.04 Å². The molecule has 40 heavy (non-hydrogen) atoms. The van der Waals surface area contributed by atoms with Gasteiger partial charge in [0.05, 0.1) is 0 Å². The summed E-state index contributed by atoms with van der Waals surface area (Å²) in [6.07, 6.45) is 24.3. The van der Waals surface area contributed by atoms with E-state index < -0.39 is 8.80 Å². The molecule has 220 valence electrons. The molecule has 0 amide bonds. The topological polar surface area (TPSA) is 0 Å². The van der Waals surface area contributed by atoms with Crippen molar-refractivity contribution in [3.05, 3.63) is 83.0 Å². The summed E-state index contributed by atoms with van der Waals surface area (Å²) in [5.41, 5.74) is 6.60. The van der Waals surface area contributed by atoms with Crippen LogP contribution >= 0.6 is 0 Å². The zero-order chi connectivity index (χ0) is 28.4. The summed E-state index contributed by atoms with van der Waals surface area (Å²) in [6, 6.07) is 24.1. The van der Waals surface area contributed by atoms with Gasteiger partial charge in [0.1, 0.15) is 8.80 Å². The Morgan fingerprint density at radius 2 is 0.900 bits per heavy atom. The molecule has 0 nitrogen and oxygen atoms in total. The van der Waals surface area contributed by atoms with E-state index in [9.17, 15) is 0 Å². The molecule has 0 saturated heterocycles. The second kappa shape index (κ2) is 19.3. The van der Waals surface area contributed by atoms with Crippen molar-refractivity contribution in [3.63, 3.8) is 0 Å². The summed E-state index contributed by atoms with van der Waals surface area (Å²) >= 11 is 0. The first-order valence-electron chi connectivity index (χ1n) is 17.1. The lowest BCUT2D eigenvalue weighted by Crippen LogP contribution is -2.43. The maximum Gasteiger partial charge on any atom is 0.104 e. The molecule has 2 aromatic carbocycles. The molecule has 1 heteroatoms. The van der Waals surface area contributed by atoms with E-state index in [2.05, 4.69) is 88.4 Å². The van der Waals surface area contributed by atoms with E-state index in [0.717, 1.165) is 0 Å². The van der Waals surface area contributed by atoms with Crippen molar-refractivity contribution in [2.24, 2.45) is 5.92 Å². The molecule has 2 aromatic rings. The fraction of sp³-hybridized carbons (Fsp3) is 0.590. The monoisotopic (exact) mass is 556 g/mol. The van der Waals surface area contributed by atoms with Crippen LogP contribution < -0.4 is 10.4 Å². The Kier molecular flexibility index (Phi) is 15.7. The first kappa shape index (κ1) is 32.6. The van der Waals surface area contributed by atoms with Crippen molar-refractivity contribution in [1.82, 2.24) is 0 Å². The molecule has 1 atom stereocenters. The van der Waals surface area contributed by atoms with Crippen LogP contribution in [0.3, 0.4) is 0 Å². The standard InChI is InChI=1S/C39H60Si/c1-5-6-7-8-9-10-11-12-13-14-15-16-17-18-19-26-31-38-34(3)33(2)35(4)39(38)32-40(36-27-22-20-23-28-36)37-29-24-21-25-30-37/h20-25,27-30,39-40H,5-19,26,31-32H2,1-4H3. The molecular weight excluding hydrogens is 497 g/mol. The molecule has 0 bridgehead atoms. The lowest BCUT2D eigenvalue weighted by Gasteiger charge is -2.25. The smallest absolute Gasteiger partial charge is 0.0654 e. The largest absolute Gasteiger partial charge is 0.104 e. The molecular formula is C39H60Si. The second-order valence-electron chi connectivity index (χ2n) is 12.7. The highest BCUT2D eigenvalue weighted by molar-refractivity contribution is 6.85. The van der Waals surface area contributed by atoms with Crippen molar-refractivity contribution < 1.29 is 0 Å². The molecule has 3 rings (SSSR count). The third kappa shape index (κ3) is 10.8. The molecule has 1 unspecified atom stereocenters. The highest BCUT2D eigenvalue weighted by atomic mass is 28.3. The number of allylic oxidation sites excluding steroid dienone is 4. The molecule has 0 radical (unpaired) electrons. The third-order valence-corrected chi connectivity index (χ3v) is 13.1. The van der Waals surface area contributed by atoms with Gasteiger partial charge in [0.2, 0.25) is 0 Å². The van der Waals surface area contributed by atoms with Gasteiger partial charge in [0, 0.05) is 0 Å². The highest BCUT2D eigenvalue weighted by Crippen LogP contribution is 2.42. The van der Waals surface area contributed by atoms with Crippen LogP contribution in [0.5, 0.6) is 0 Å². The summed E-state index contributed by atoms with van der Waals surface area (Å²) in [4.78, 5) is 0. The minimum atomic E-state index is -1.28. The lowest BCUT2D eigenvalue weighted by atomic mass is 9.93. The van der Waals surface area contributed by atoms with E-state index >= 15 is 0 Å². The van der Waals surface area contributed by atoms with Crippen LogP contribution in [-0.2, 0) is 0 Å². The van der Waals surface area contributed by atoms with Crippen LogP contribution in [0.1, 0.15) is 137 Å². The predicted molar refractivity (Wildman–Crippen MR) is 183 cm³/mol. The first-order chi connectivity index (χ1) is 19.6. The van der Waals surface area contributed by atoms with Crippen LogP contribution in [0.15, 0.2) is 83.0 Å². The zero-order valence-corrected chi connectivity index (χ0v) is 27.8. The van der Waals surface area contributed by atoms with Gasteiger partial charge >= 0.3 is 0 Å². The summed E-state index contributed by atoms with van der Waals surface area (Å²) in [6.45, 7) is 9.51. The van der Waals surface area contributed by atoms with E-state index in [1.54, 1.807) is 32.7 Å². The van der Waals surface area contributed by atoms with Crippen molar-refractivity contribution in [2.75, 3.05) is 0 Å². The fourth-order valence-corrected chi connectivity index (χ4v) is 10.3. The Balaban J connectivity index is 1.36. The minimum Gasteiger partial charge on any atom is -0.0654 e. The van der Waals surface area contributed by atoms with E-state index in [1.165, 1.54) is 115 Å². The number of rotatable bonds is 21. The van der Waals surface area contributed by atoms with Gasteiger partial charge in [0.25, 0.3) is 0 Å². The third-order valence-electron chi connectivity index (χ3n) is 9.75. The van der Waals surface area contributed by atoms with Crippen LogP contribution in [0.4, 0.5) is 0 Å². The highest BCUT2D eigenvalue weighted by Gasteiger charge is 2.30. The van der Waals surface area contributed by atoms with E-state index in [0.29, 0.717) is 5.92 Å². The van der Waals surface area contributed by atoms with Gasteiger partial charge in [-0.05, 0) is 56.7 Å². The van der Waals surface area contributed by atoms with Crippen molar-refractivity contribution >= 4 is 19.2 Å². The number of benzene rings is 2. The summed E-state index contributed by atoms with van der Waals surface area (Å²) in [7, 11) is -1.28. The predicted octanol–water partition coefficient (Wildman–Crippen LogP) is 11.0. The average molecular weight is 557 g/mol. The van der Waals surface area contributed by atoms with Gasteiger partial charge in [-0.1, -0.05) is 185 Å². The second-order valence-corrected chi connectivity index (χ2v) is 15.6. The molecule has 0 heterocycles. The van der Waals surface area contributed by atoms with E-state index in [-0.39, 0.29) is 0 Å². The van der Waals surface area contributed by atoms with E-state index in [4.69, 9.17) is 0 Å². The summed E-state index contributed by atoms with van der Waals surface area (Å²) in [5.74, 6) is 0.647. The number of unbranched alkanes of at least 4 members (excludes halogenated alkanes) is 15. The van der Waals surface area contributed by atoms with Crippen molar-refractivity contribution in [2.45, 2.75) is 143 Å². The lowest BCUT2D eigenvalue weighted by molar-refractivity contribution is 0.528. The van der Waals surface area contributed by atoms with Gasteiger partial charge in [-0.25, -0.2) is 0 Å². The Labute approximate surface area is 250 Å². The fourth-order valence-electron chi connectivity index (χ4n) is 6.94. The minimum absolute atomic E-state index is 0.647. The summed E-state index contributed by atoms with van der Waals surface area (Å²) < 4.78 is 0. The molecule has 0 fully saturated rings. The van der Waals surface area contributed by atoms with E-state index in [1.807, 2.05) is 0 Å². The number of hydrogen-bond acceptors (Lipinski definition) is 0. The maximum atomic E-state index is 2.42. The van der Waals surface area contributed by atoms with Gasteiger partial charge in [-0.3, -0.25) is 0 Å². The quantitative estimate of drug-likeness (QED) is 0.106. The van der Waals surface area contributed by atoms with Gasteiger partial charge in [-0.15, -0.1) is 0 Å². The molecule has 0 aromatic heterocycles. The average Bonchev–Trinajstić information content (AvgIpc) is 3.19. The Morgan fingerprint density at radius 1 is 0.500 bits per heavy atom. The maximum absolute atomic E-state index is 2.42. The van der Waals surface area contributed by atoms with Gasteiger partial charge < -0.3 is 0 Å². The molecule has 0 N–H and O–H groups in total. The molecule has 0 aliphatic heterocycles. The normalized spacial score (nSPS) is 15.6.